The summed E-state index contributed by atoms with van der Waals surface area (Å²) in [5.41, 5.74) is 6.31. The molecule has 2 aliphatic rings. The Morgan fingerprint density at radius 2 is 1.91 bits per heavy atom. The van der Waals surface area contributed by atoms with Gasteiger partial charge in [-0.2, -0.15) is 0 Å². The summed E-state index contributed by atoms with van der Waals surface area (Å²) in [6.45, 7) is 0. The van der Waals surface area contributed by atoms with Crippen molar-refractivity contribution in [3.8, 4) is 0 Å². The number of methoxy groups -OCH3 is 2. The van der Waals surface area contributed by atoms with Crippen LogP contribution in [0, 0.1) is 0 Å². The minimum atomic E-state index is -0.000356. The summed E-state index contributed by atoms with van der Waals surface area (Å²) in [4.78, 5) is 16.6. The van der Waals surface area contributed by atoms with Crippen molar-refractivity contribution in [3.63, 3.8) is 0 Å². The molecule has 0 bridgehead atoms. The van der Waals surface area contributed by atoms with E-state index in [1.807, 2.05) is 18.2 Å². The summed E-state index contributed by atoms with van der Waals surface area (Å²) in [6.07, 6.45) is 9.29. The standard InChI is InChI=1S/C18H15NO3/c1-21-16-4-3-13-10-14(9-12-5-7-19-8-6-12)18(20)15(13)11-17(16)22-2/h4-9,11H,10H2,1-2H3/b14-9+. The van der Waals surface area contributed by atoms with Gasteiger partial charge in [-0.1, -0.05) is 0 Å². The lowest BCUT2D eigenvalue weighted by Crippen LogP contribution is -1.99. The lowest BCUT2D eigenvalue weighted by atomic mass is 10.1. The average molecular weight is 293 g/mol. The number of aromatic nitrogens is 1. The maximum Gasteiger partial charge on any atom is 0.190 e. The van der Waals surface area contributed by atoms with Crippen molar-refractivity contribution in [1.82, 2.24) is 4.98 Å². The quantitative estimate of drug-likeness (QED) is 0.635. The highest BCUT2D eigenvalue weighted by molar-refractivity contribution is 6.17. The molecule has 110 valence electrons. The molecule has 4 nitrogen and oxygen atoms in total. The van der Waals surface area contributed by atoms with Crippen LogP contribution in [-0.4, -0.2) is 25.0 Å². The number of ether oxygens (including phenoxy) is 2. The number of pyridine rings is 1. The van der Waals surface area contributed by atoms with Crippen LogP contribution in [0.3, 0.4) is 0 Å². The zero-order chi connectivity index (χ0) is 15.5. The van der Waals surface area contributed by atoms with Crippen LogP contribution in [0.1, 0.15) is 12.0 Å². The Kier molecular flexibility index (Phi) is 3.77. The van der Waals surface area contributed by atoms with Crippen molar-refractivity contribution in [2.24, 2.45) is 0 Å². The lowest BCUT2D eigenvalue weighted by molar-refractivity contribution is -0.111. The van der Waals surface area contributed by atoms with Crippen LogP contribution >= 0.6 is 0 Å². The number of rotatable bonds is 3. The summed E-state index contributed by atoms with van der Waals surface area (Å²) in [6, 6.07) is 3.74. The molecule has 0 N–H and O–H groups in total. The molecule has 1 heterocycles. The van der Waals surface area contributed by atoms with Gasteiger partial charge < -0.3 is 9.47 Å². The van der Waals surface area contributed by atoms with Gasteiger partial charge in [-0.15, -0.1) is 5.73 Å². The largest absolute Gasteiger partial charge is 0.493 e. The van der Waals surface area contributed by atoms with Crippen LogP contribution in [-0.2, 0) is 14.3 Å². The van der Waals surface area contributed by atoms with E-state index in [0.717, 1.165) is 16.7 Å². The maximum absolute atomic E-state index is 12.6. The first-order chi connectivity index (χ1) is 10.7. The van der Waals surface area contributed by atoms with E-state index in [-0.39, 0.29) is 5.78 Å². The molecule has 3 rings (SSSR count). The number of Topliss-reactive ketones (excluding diaryl/α,β-unsaturated/α-hetero) is 1. The molecule has 0 amide bonds. The third kappa shape index (κ3) is 2.52. The van der Waals surface area contributed by atoms with Gasteiger partial charge in [0.1, 0.15) is 0 Å². The molecule has 0 aromatic carbocycles. The van der Waals surface area contributed by atoms with Crippen LogP contribution in [0.15, 0.2) is 70.6 Å². The molecule has 0 aliphatic heterocycles. The Morgan fingerprint density at radius 1 is 1.18 bits per heavy atom. The summed E-state index contributed by atoms with van der Waals surface area (Å²) < 4.78 is 10.5. The predicted molar refractivity (Wildman–Crippen MR) is 82.6 cm³/mol. The van der Waals surface area contributed by atoms with Crippen molar-refractivity contribution >= 4 is 11.9 Å². The monoisotopic (exact) mass is 293 g/mol. The zero-order valence-corrected chi connectivity index (χ0v) is 12.4. The molecule has 0 saturated heterocycles. The van der Waals surface area contributed by atoms with Crippen molar-refractivity contribution in [1.29, 1.82) is 0 Å². The first-order valence-electron chi connectivity index (χ1n) is 6.88. The van der Waals surface area contributed by atoms with Gasteiger partial charge in [0.05, 0.1) is 14.2 Å². The molecule has 0 spiro atoms. The van der Waals surface area contributed by atoms with Gasteiger partial charge in [0.2, 0.25) is 0 Å². The fourth-order valence-electron chi connectivity index (χ4n) is 2.48. The molecule has 0 unspecified atom stereocenters. The van der Waals surface area contributed by atoms with Gasteiger partial charge in [-0.25, -0.2) is 0 Å². The van der Waals surface area contributed by atoms with Gasteiger partial charge in [0.25, 0.3) is 0 Å². The fraction of sp³-hybridized carbons (Fsp3) is 0.167. The van der Waals surface area contributed by atoms with Gasteiger partial charge in [-0.3, -0.25) is 9.78 Å². The first kappa shape index (κ1) is 14.1. The van der Waals surface area contributed by atoms with E-state index in [1.54, 1.807) is 38.8 Å². The van der Waals surface area contributed by atoms with E-state index in [9.17, 15) is 4.79 Å². The number of carbonyl (C=O) groups is 1. The van der Waals surface area contributed by atoms with Crippen molar-refractivity contribution in [3.05, 3.63) is 76.2 Å². The molecular weight excluding hydrogens is 278 g/mol. The number of hydrogen-bond acceptors (Lipinski definition) is 4. The molecule has 1 aromatic rings. The Hall–Kier alpha value is -2.84. The van der Waals surface area contributed by atoms with E-state index in [1.165, 1.54) is 0 Å². The smallest absolute Gasteiger partial charge is 0.190 e. The number of allylic oxidation sites excluding steroid dienone is 4. The third-order valence-corrected chi connectivity index (χ3v) is 3.61. The highest BCUT2D eigenvalue weighted by atomic mass is 16.5. The Balaban J connectivity index is 2.02. The summed E-state index contributed by atoms with van der Waals surface area (Å²) in [5.74, 6) is 1.09. The van der Waals surface area contributed by atoms with E-state index < -0.39 is 0 Å². The molecular formula is C18H15NO3. The topological polar surface area (TPSA) is 48.4 Å². The molecule has 4 heteroatoms. The SMILES string of the molecule is COC1=C(OC)C=C2C(=O)/C(=C/c3ccncc3)CC2=C=C1. The van der Waals surface area contributed by atoms with Crippen LogP contribution in [0.2, 0.25) is 0 Å². The van der Waals surface area contributed by atoms with E-state index >= 15 is 0 Å². The molecule has 0 radical (unpaired) electrons. The zero-order valence-electron chi connectivity index (χ0n) is 12.4. The molecule has 1 saturated carbocycles. The Morgan fingerprint density at radius 3 is 2.59 bits per heavy atom. The summed E-state index contributed by atoms with van der Waals surface area (Å²) in [7, 11) is 3.12. The number of fused-ring (bicyclic) bond motifs is 1. The van der Waals surface area contributed by atoms with Crippen molar-refractivity contribution < 1.29 is 14.3 Å². The minimum absolute atomic E-state index is 0.000356. The number of hydrogen-bond donors (Lipinski definition) is 0. The predicted octanol–water partition coefficient (Wildman–Crippen LogP) is 2.96. The number of carbonyl (C=O) groups excluding carboxylic acids is 1. The van der Waals surface area contributed by atoms with Crippen molar-refractivity contribution in [2.45, 2.75) is 6.42 Å². The summed E-state index contributed by atoms with van der Waals surface area (Å²) in [5, 5.41) is 0. The van der Waals surface area contributed by atoms with Crippen molar-refractivity contribution in [2.75, 3.05) is 14.2 Å². The average Bonchev–Trinajstić information content (AvgIpc) is 2.73. The normalized spacial score (nSPS) is 18.8. The molecule has 0 atom stereocenters. The van der Waals surface area contributed by atoms with E-state index in [2.05, 4.69) is 10.7 Å². The van der Waals surface area contributed by atoms with Crippen LogP contribution in [0.5, 0.6) is 0 Å². The second-order valence-electron chi connectivity index (χ2n) is 4.92. The van der Waals surface area contributed by atoms with Crippen LogP contribution in [0.25, 0.3) is 6.08 Å². The highest BCUT2D eigenvalue weighted by Gasteiger charge is 2.29. The van der Waals surface area contributed by atoms with Gasteiger partial charge >= 0.3 is 0 Å². The van der Waals surface area contributed by atoms with Crippen LogP contribution < -0.4 is 0 Å². The Bertz CT molecular complexity index is 776. The second kappa shape index (κ2) is 5.88. The van der Waals surface area contributed by atoms with Gasteiger partial charge in [-0.05, 0) is 29.8 Å². The second-order valence-corrected chi connectivity index (χ2v) is 4.92. The Labute approximate surface area is 128 Å². The first-order valence-corrected chi connectivity index (χ1v) is 6.88. The van der Waals surface area contributed by atoms with E-state index in [0.29, 0.717) is 23.5 Å². The number of ketones is 1. The fourth-order valence-corrected chi connectivity index (χ4v) is 2.48. The molecule has 2 aliphatic carbocycles. The molecule has 22 heavy (non-hydrogen) atoms. The minimum Gasteiger partial charge on any atom is -0.493 e. The maximum atomic E-state index is 12.6. The van der Waals surface area contributed by atoms with E-state index in [4.69, 9.17) is 9.47 Å². The number of nitrogens with zero attached hydrogens (tertiary/aromatic N) is 1. The molecule has 1 aromatic heterocycles. The summed E-state index contributed by atoms with van der Waals surface area (Å²) >= 11 is 0. The molecule has 1 fully saturated rings. The van der Waals surface area contributed by atoms with Crippen LogP contribution in [0.4, 0.5) is 0 Å². The highest BCUT2D eigenvalue weighted by Crippen LogP contribution is 2.35. The third-order valence-electron chi connectivity index (χ3n) is 3.61. The van der Waals surface area contributed by atoms with Gasteiger partial charge in [0.15, 0.2) is 17.3 Å². The lowest BCUT2D eigenvalue weighted by Gasteiger charge is -2.05. The van der Waals surface area contributed by atoms with Gasteiger partial charge in [0, 0.05) is 41.6 Å².